The highest BCUT2D eigenvalue weighted by molar-refractivity contribution is 5.79. The quantitative estimate of drug-likeness (QED) is 0.603. The molecule has 1 atom stereocenters. The average Bonchev–Trinajstić information content (AvgIpc) is 2.62. The van der Waals surface area contributed by atoms with E-state index >= 15 is 0 Å². The van der Waals surface area contributed by atoms with Crippen LogP contribution in [0.25, 0.3) is 0 Å². The third-order valence-electron chi connectivity index (χ3n) is 6.07. The van der Waals surface area contributed by atoms with Crippen molar-refractivity contribution in [3.8, 4) is 0 Å². The van der Waals surface area contributed by atoms with E-state index in [4.69, 9.17) is 4.99 Å². The lowest BCUT2D eigenvalue weighted by Crippen LogP contribution is -2.55. The number of aliphatic imine (C=N–C) groups is 1. The second kappa shape index (κ2) is 8.87. The molecule has 1 aromatic carbocycles. The summed E-state index contributed by atoms with van der Waals surface area (Å²) in [5, 5.41) is 7.01. The normalized spacial score (nSPS) is 24.1. The molecule has 1 heterocycles. The summed E-state index contributed by atoms with van der Waals surface area (Å²) in [7, 11) is 4.43. The molecule has 0 aromatic heterocycles. The lowest BCUT2D eigenvalue weighted by Gasteiger charge is -2.41. The van der Waals surface area contributed by atoms with Gasteiger partial charge in [-0.1, -0.05) is 36.8 Å². The Hall–Kier alpha value is -1.59. The number of piperazine rings is 1. The highest BCUT2D eigenvalue weighted by Crippen LogP contribution is 2.43. The monoisotopic (exact) mass is 357 g/mol. The Balaban J connectivity index is 1.61. The molecule has 5 heteroatoms. The minimum Gasteiger partial charge on any atom is -0.357 e. The summed E-state index contributed by atoms with van der Waals surface area (Å²) in [6.07, 6.45) is 3.81. The first-order valence-corrected chi connectivity index (χ1v) is 10.1. The molecular formula is C21H35N5. The first-order chi connectivity index (χ1) is 12.6. The van der Waals surface area contributed by atoms with E-state index in [1.54, 1.807) is 0 Å². The molecule has 1 aliphatic heterocycles. The van der Waals surface area contributed by atoms with Crippen molar-refractivity contribution in [3.05, 3.63) is 35.9 Å². The summed E-state index contributed by atoms with van der Waals surface area (Å²) in [4.78, 5) is 9.84. The van der Waals surface area contributed by atoms with Crippen molar-refractivity contribution in [2.24, 2.45) is 4.99 Å². The maximum atomic E-state index is 4.97. The van der Waals surface area contributed by atoms with Crippen LogP contribution in [-0.4, -0.2) is 75.2 Å². The third kappa shape index (κ3) is 4.57. The molecule has 26 heavy (non-hydrogen) atoms. The van der Waals surface area contributed by atoms with E-state index in [0.717, 1.165) is 45.2 Å². The predicted molar refractivity (Wildman–Crippen MR) is 110 cm³/mol. The molecule has 1 aliphatic carbocycles. The fraction of sp³-hybridized carbons (Fsp3) is 0.667. The summed E-state index contributed by atoms with van der Waals surface area (Å²) in [6.45, 7) is 8.22. The standard InChI is InChI=1S/C21H35N5/c1-4-22-20(23-15-19-16-25(2)13-14-26(19)3)24-17-21(11-8-12-21)18-9-6-5-7-10-18/h5-7,9-10,19H,4,8,11-17H2,1-3H3,(H2,22,23,24). The van der Waals surface area contributed by atoms with E-state index in [1.807, 2.05) is 0 Å². The van der Waals surface area contributed by atoms with Gasteiger partial charge in [0, 0.05) is 44.2 Å². The molecular weight excluding hydrogens is 322 g/mol. The number of rotatable bonds is 6. The van der Waals surface area contributed by atoms with Crippen LogP contribution >= 0.6 is 0 Å². The Bertz CT molecular complexity index is 581. The van der Waals surface area contributed by atoms with Gasteiger partial charge in [-0.05, 0) is 39.4 Å². The average molecular weight is 358 g/mol. The van der Waals surface area contributed by atoms with Gasteiger partial charge in [0.15, 0.2) is 5.96 Å². The highest BCUT2D eigenvalue weighted by Gasteiger charge is 2.38. The predicted octanol–water partition coefficient (Wildman–Crippen LogP) is 1.91. The second-order valence-corrected chi connectivity index (χ2v) is 7.97. The van der Waals surface area contributed by atoms with Gasteiger partial charge in [-0.2, -0.15) is 0 Å². The van der Waals surface area contributed by atoms with Crippen LogP contribution in [0.1, 0.15) is 31.7 Å². The topological polar surface area (TPSA) is 42.9 Å². The zero-order valence-electron chi connectivity index (χ0n) is 16.7. The van der Waals surface area contributed by atoms with Gasteiger partial charge >= 0.3 is 0 Å². The Morgan fingerprint density at radius 2 is 1.92 bits per heavy atom. The third-order valence-corrected chi connectivity index (χ3v) is 6.07. The summed E-state index contributed by atoms with van der Waals surface area (Å²) < 4.78 is 0. The molecule has 0 amide bonds. The minimum absolute atomic E-state index is 0.242. The first-order valence-electron chi connectivity index (χ1n) is 10.1. The largest absolute Gasteiger partial charge is 0.357 e. The fourth-order valence-corrected chi connectivity index (χ4v) is 4.04. The van der Waals surface area contributed by atoms with Gasteiger partial charge in [0.25, 0.3) is 0 Å². The van der Waals surface area contributed by atoms with Crippen LogP contribution < -0.4 is 10.6 Å². The van der Waals surface area contributed by atoms with Gasteiger partial charge < -0.3 is 15.5 Å². The van der Waals surface area contributed by atoms with Crippen LogP contribution in [0.15, 0.2) is 35.3 Å². The van der Waals surface area contributed by atoms with Gasteiger partial charge in [0.1, 0.15) is 0 Å². The van der Waals surface area contributed by atoms with Gasteiger partial charge in [0.2, 0.25) is 0 Å². The molecule has 1 unspecified atom stereocenters. The Labute approximate surface area is 158 Å². The number of hydrogen-bond acceptors (Lipinski definition) is 3. The maximum absolute atomic E-state index is 4.97. The van der Waals surface area contributed by atoms with Crippen molar-refractivity contribution >= 4 is 5.96 Å². The van der Waals surface area contributed by atoms with Gasteiger partial charge in [-0.15, -0.1) is 0 Å². The second-order valence-electron chi connectivity index (χ2n) is 7.97. The van der Waals surface area contributed by atoms with Gasteiger partial charge in [-0.3, -0.25) is 9.89 Å². The molecule has 0 radical (unpaired) electrons. The zero-order chi connectivity index (χ0) is 18.4. The minimum atomic E-state index is 0.242. The van der Waals surface area contributed by atoms with Crippen LogP contribution in [-0.2, 0) is 5.41 Å². The smallest absolute Gasteiger partial charge is 0.191 e. The van der Waals surface area contributed by atoms with Gasteiger partial charge in [-0.25, -0.2) is 0 Å². The van der Waals surface area contributed by atoms with Crippen LogP contribution in [0.5, 0.6) is 0 Å². The Kier molecular flexibility index (Phi) is 6.54. The van der Waals surface area contributed by atoms with Crippen LogP contribution in [0, 0.1) is 0 Å². The number of benzene rings is 1. The number of hydrogen-bond donors (Lipinski definition) is 2. The molecule has 1 aromatic rings. The van der Waals surface area contributed by atoms with E-state index in [1.165, 1.54) is 24.8 Å². The summed E-state index contributed by atoms with van der Waals surface area (Å²) >= 11 is 0. The van der Waals surface area contributed by atoms with Gasteiger partial charge in [0.05, 0.1) is 6.54 Å². The van der Waals surface area contributed by atoms with Crippen LogP contribution in [0.4, 0.5) is 0 Å². The summed E-state index contributed by atoms with van der Waals surface area (Å²) in [5.74, 6) is 0.955. The molecule has 144 valence electrons. The molecule has 3 rings (SSSR count). The summed E-state index contributed by atoms with van der Waals surface area (Å²) in [5.41, 5.74) is 1.69. The number of guanidine groups is 1. The maximum Gasteiger partial charge on any atom is 0.191 e. The number of nitrogens with one attached hydrogen (secondary N) is 2. The lowest BCUT2D eigenvalue weighted by molar-refractivity contribution is 0.116. The summed E-state index contributed by atoms with van der Waals surface area (Å²) in [6, 6.07) is 11.5. The highest BCUT2D eigenvalue weighted by atomic mass is 15.3. The van der Waals surface area contributed by atoms with Crippen molar-refractivity contribution in [1.29, 1.82) is 0 Å². The molecule has 1 saturated heterocycles. The molecule has 0 bridgehead atoms. The molecule has 2 aliphatic rings. The zero-order valence-corrected chi connectivity index (χ0v) is 16.7. The fourth-order valence-electron chi connectivity index (χ4n) is 4.04. The van der Waals surface area contributed by atoms with E-state index in [9.17, 15) is 0 Å². The number of likely N-dealkylation sites (N-methyl/N-ethyl adjacent to an activating group) is 2. The first kappa shape index (κ1) is 19.2. The van der Waals surface area contributed by atoms with Crippen LogP contribution in [0.2, 0.25) is 0 Å². The molecule has 1 saturated carbocycles. The Morgan fingerprint density at radius 3 is 2.58 bits per heavy atom. The lowest BCUT2D eigenvalue weighted by atomic mass is 9.64. The SMILES string of the molecule is CCNC(=NCC1(c2ccccc2)CCC1)NCC1CN(C)CCN1C. The van der Waals surface area contributed by atoms with E-state index in [0.29, 0.717) is 6.04 Å². The van der Waals surface area contributed by atoms with E-state index in [-0.39, 0.29) is 5.41 Å². The molecule has 2 fully saturated rings. The van der Waals surface area contributed by atoms with Crippen molar-refractivity contribution in [2.75, 3.05) is 53.4 Å². The molecule has 0 spiro atoms. The molecule has 5 nitrogen and oxygen atoms in total. The molecule has 2 N–H and O–H groups in total. The van der Waals surface area contributed by atoms with Crippen molar-refractivity contribution in [1.82, 2.24) is 20.4 Å². The number of nitrogens with zero attached hydrogens (tertiary/aromatic N) is 3. The van der Waals surface area contributed by atoms with Crippen LogP contribution in [0.3, 0.4) is 0 Å². The van der Waals surface area contributed by atoms with Crippen molar-refractivity contribution < 1.29 is 0 Å². The van der Waals surface area contributed by atoms with Crippen molar-refractivity contribution in [3.63, 3.8) is 0 Å². The van der Waals surface area contributed by atoms with Crippen molar-refractivity contribution in [2.45, 2.75) is 37.6 Å². The van der Waals surface area contributed by atoms with E-state index in [2.05, 4.69) is 71.8 Å². The Morgan fingerprint density at radius 1 is 1.15 bits per heavy atom. The van der Waals surface area contributed by atoms with E-state index < -0.39 is 0 Å².